The highest BCUT2D eigenvalue weighted by Gasteiger charge is 2.28. The number of nitrogens with one attached hydrogen (secondary N) is 1. The summed E-state index contributed by atoms with van der Waals surface area (Å²) in [5, 5.41) is 1.18. The number of aromatic nitrogens is 3. The van der Waals surface area contributed by atoms with Crippen LogP contribution in [-0.2, 0) is 14.8 Å². The average Bonchev–Trinajstić information content (AvgIpc) is 3.18. The van der Waals surface area contributed by atoms with Gasteiger partial charge in [0.2, 0.25) is 5.91 Å². The first kappa shape index (κ1) is 24.8. The average molecular weight is 519 g/mol. The van der Waals surface area contributed by atoms with Crippen molar-refractivity contribution in [2.45, 2.75) is 31.7 Å². The van der Waals surface area contributed by atoms with Crippen molar-refractivity contribution < 1.29 is 13.2 Å². The van der Waals surface area contributed by atoms with E-state index in [1.165, 1.54) is 29.5 Å². The Kier molecular flexibility index (Phi) is 6.59. The standard InChI is InChI=1S/C27H30N6O3S/c1-19-20(2)33(25-7-5-4-6-24(19)25)21(3)27(34)32-16-14-31(15-17-32)22-8-10-23(11-9-22)37(35,36)30-26-12-13-28-18-29-26/h4-13,18,21H,14-17H2,1-3H3,(H,28,29,30). The van der Waals surface area contributed by atoms with E-state index < -0.39 is 10.0 Å². The molecule has 1 saturated heterocycles. The minimum Gasteiger partial charge on any atom is -0.368 e. The van der Waals surface area contributed by atoms with Crippen molar-refractivity contribution in [3.8, 4) is 0 Å². The Morgan fingerprint density at radius 1 is 0.973 bits per heavy atom. The molecule has 0 aliphatic carbocycles. The molecule has 3 heterocycles. The van der Waals surface area contributed by atoms with Crippen LogP contribution in [0.3, 0.4) is 0 Å². The minimum atomic E-state index is -3.75. The maximum Gasteiger partial charge on any atom is 0.263 e. The Morgan fingerprint density at radius 3 is 2.35 bits per heavy atom. The Bertz CT molecular complexity index is 1530. The molecule has 37 heavy (non-hydrogen) atoms. The van der Waals surface area contributed by atoms with Crippen molar-refractivity contribution in [1.29, 1.82) is 0 Å². The molecule has 0 bridgehead atoms. The van der Waals surface area contributed by atoms with Gasteiger partial charge in [-0.3, -0.25) is 9.52 Å². The van der Waals surface area contributed by atoms with Gasteiger partial charge >= 0.3 is 0 Å². The predicted molar refractivity (Wildman–Crippen MR) is 144 cm³/mol. The SMILES string of the molecule is Cc1c(C)n(C(C)C(=O)N2CCN(c3ccc(S(=O)(=O)Nc4ccncn4)cc3)CC2)c2ccccc12. The molecular weight excluding hydrogens is 488 g/mol. The maximum atomic E-state index is 13.5. The summed E-state index contributed by atoms with van der Waals surface area (Å²) < 4.78 is 29.9. The summed E-state index contributed by atoms with van der Waals surface area (Å²) in [5.74, 6) is 0.327. The number of carbonyl (C=O) groups is 1. The third-order valence-corrected chi connectivity index (χ3v) is 8.51. The van der Waals surface area contributed by atoms with Crippen LogP contribution >= 0.6 is 0 Å². The molecule has 10 heteroatoms. The van der Waals surface area contributed by atoms with E-state index in [-0.39, 0.29) is 22.7 Å². The summed E-state index contributed by atoms with van der Waals surface area (Å²) in [6.45, 7) is 8.72. The number of para-hydroxylation sites is 1. The van der Waals surface area contributed by atoms with Gasteiger partial charge in [-0.15, -0.1) is 0 Å². The molecule has 0 spiro atoms. The maximum absolute atomic E-state index is 13.5. The first-order chi connectivity index (χ1) is 17.8. The first-order valence-corrected chi connectivity index (χ1v) is 13.7. The fourth-order valence-corrected chi connectivity index (χ4v) is 6.01. The summed E-state index contributed by atoms with van der Waals surface area (Å²) in [6.07, 6.45) is 2.76. The lowest BCUT2D eigenvalue weighted by Crippen LogP contribution is -2.50. The monoisotopic (exact) mass is 518 g/mol. The fourth-order valence-electron chi connectivity index (χ4n) is 5.00. The van der Waals surface area contributed by atoms with Crippen molar-refractivity contribution in [3.63, 3.8) is 0 Å². The van der Waals surface area contributed by atoms with Gasteiger partial charge in [0.15, 0.2) is 0 Å². The van der Waals surface area contributed by atoms with E-state index in [0.29, 0.717) is 26.2 Å². The lowest BCUT2D eigenvalue weighted by Gasteiger charge is -2.37. The third-order valence-electron chi connectivity index (χ3n) is 7.14. The molecule has 1 amide bonds. The number of hydrogen-bond acceptors (Lipinski definition) is 6. The number of fused-ring (bicyclic) bond motifs is 1. The number of benzene rings is 2. The molecule has 4 aromatic rings. The Morgan fingerprint density at radius 2 is 1.68 bits per heavy atom. The normalized spacial score (nSPS) is 15.1. The van der Waals surface area contributed by atoms with Crippen LogP contribution in [0.25, 0.3) is 10.9 Å². The Hall–Kier alpha value is -3.92. The zero-order chi connectivity index (χ0) is 26.2. The summed E-state index contributed by atoms with van der Waals surface area (Å²) >= 11 is 0. The Labute approximate surface area is 216 Å². The molecule has 192 valence electrons. The molecule has 1 atom stereocenters. The van der Waals surface area contributed by atoms with Gasteiger partial charge in [0, 0.05) is 54.7 Å². The number of aryl methyl sites for hydroxylation is 1. The lowest BCUT2D eigenvalue weighted by molar-refractivity contribution is -0.134. The number of carbonyl (C=O) groups excluding carboxylic acids is 1. The van der Waals surface area contributed by atoms with E-state index in [4.69, 9.17) is 0 Å². The van der Waals surface area contributed by atoms with Gasteiger partial charge in [-0.05, 0) is 62.7 Å². The highest BCUT2D eigenvalue weighted by atomic mass is 32.2. The second kappa shape index (κ2) is 9.85. The van der Waals surface area contributed by atoms with E-state index in [9.17, 15) is 13.2 Å². The number of nitrogens with zero attached hydrogens (tertiary/aromatic N) is 5. The molecule has 0 saturated carbocycles. The molecule has 0 radical (unpaired) electrons. The highest BCUT2D eigenvalue weighted by molar-refractivity contribution is 7.92. The summed E-state index contributed by atoms with van der Waals surface area (Å²) in [7, 11) is -3.75. The number of hydrogen-bond donors (Lipinski definition) is 1. The third kappa shape index (κ3) is 4.76. The first-order valence-electron chi connectivity index (χ1n) is 12.2. The molecule has 1 unspecified atom stereocenters. The molecule has 1 fully saturated rings. The van der Waals surface area contributed by atoms with Gasteiger partial charge in [0.25, 0.3) is 10.0 Å². The van der Waals surface area contributed by atoms with E-state index in [2.05, 4.69) is 50.1 Å². The van der Waals surface area contributed by atoms with Crippen LogP contribution in [-0.4, -0.2) is 59.9 Å². The van der Waals surface area contributed by atoms with Crippen molar-refractivity contribution >= 4 is 38.3 Å². The van der Waals surface area contributed by atoms with Crippen molar-refractivity contribution in [1.82, 2.24) is 19.4 Å². The summed E-state index contributed by atoms with van der Waals surface area (Å²) in [4.78, 5) is 25.4. The van der Waals surface area contributed by atoms with Crippen LogP contribution in [0.1, 0.15) is 24.2 Å². The molecule has 2 aromatic heterocycles. The van der Waals surface area contributed by atoms with Gasteiger partial charge in [-0.2, -0.15) is 0 Å². The van der Waals surface area contributed by atoms with Gasteiger partial charge in [-0.1, -0.05) is 18.2 Å². The summed E-state index contributed by atoms with van der Waals surface area (Å²) in [6, 6.07) is 16.2. The summed E-state index contributed by atoms with van der Waals surface area (Å²) in [5.41, 5.74) is 4.33. The number of amides is 1. The quantitative estimate of drug-likeness (QED) is 0.417. The number of sulfonamides is 1. The van der Waals surface area contributed by atoms with E-state index in [1.54, 1.807) is 24.3 Å². The van der Waals surface area contributed by atoms with Crippen molar-refractivity contribution in [2.24, 2.45) is 0 Å². The molecule has 1 aliphatic heterocycles. The molecule has 5 rings (SSSR count). The second-order valence-corrected chi connectivity index (χ2v) is 11.0. The van der Waals surface area contributed by atoms with Gasteiger partial charge < -0.3 is 14.4 Å². The smallest absolute Gasteiger partial charge is 0.263 e. The molecular formula is C27H30N6O3S. The number of rotatable bonds is 6. The molecule has 1 aliphatic rings. The molecule has 9 nitrogen and oxygen atoms in total. The van der Waals surface area contributed by atoms with Crippen LogP contribution in [0.2, 0.25) is 0 Å². The van der Waals surface area contributed by atoms with Crippen molar-refractivity contribution in [3.05, 3.63) is 78.4 Å². The number of anilines is 2. The number of piperazine rings is 1. The van der Waals surface area contributed by atoms with Crippen LogP contribution in [0.4, 0.5) is 11.5 Å². The van der Waals surface area contributed by atoms with E-state index in [0.717, 1.165) is 16.9 Å². The fraction of sp³-hybridized carbons (Fsp3) is 0.296. The van der Waals surface area contributed by atoms with Gasteiger partial charge in [-0.25, -0.2) is 18.4 Å². The zero-order valence-corrected chi connectivity index (χ0v) is 21.9. The van der Waals surface area contributed by atoms with Gasteiger partial charge in [0.1, 0.15) is 18.2 Å². The zero-order valence-electron chi connectivity index (χ0n) is 21.1. The van der Waals surface area contributed by atoms with Crippen molar-refractivity contribution in [2.75, 3.05) is 35.8 Å². The largest absolute Gasteiger partial charge is 0.368 e. The van der Waals surface area contributed by atoms with Crippen LogP contribution < -0.4 is 9.62 Å². The predicted octanol–water partition coefficient (Wildman–Crippen LogP) is 3.76. The minimum absolute atomic E-state index is 0.112. The Balaban J connectivity index is 1.24. The highest BCUT2D eigenvalue weighted by Crippen LogP contribution is 2.29. The van der Waals surface area contributed by atoms with Gasteiger partial charge in [0.05, 0.1) is 4.90 Å². The lowest BCUT2D eigenvalue weighted by atomic mass is 10.2. The molecule has 1 N–H and O–H groups in total. The van der Waals surface area contributed by atoms with Crippen LogP contribution in [0.5, 0.6) is 0 Å². The van der Waals surface area contributed by atoms with E-state index >= 15 is 0 Å². The topological polar surface area (TPSA) is 100 Å². The van der Waals surface area contributed by atoms with Crippen LogP contribution in [0.15, 0.2) is 72.0 Å². The van der Waals surface area contributed by atoms with E-state index in [1.807, 2.05) is 24.0 Å². The van der Waals surface area contributed by atoms with Crippen LogP contribution in [0, 0.1) is 13.8 Å². The second-order valence-electron chi connectivity index (χ2n) is 9.28. The molecule has 2 aromatic carbocycles.